The van der Waals surface area contributed by atoms with Gasteiger partial charge in [-0.1, -0.05) is 6.92 Å². The van der Waals surface area contributed by atoms with E-state index in [9.17, 15) is 9.59 Å². The lowest BCUT2D eigenvalue weighted by Crippen LogP contribution is -2.53. The number of anilines is 1. The van der Waals surface area contributed by atoms with Crippen molar-refractivity contribution in [3.05, 3.63) is 24.3 Å². The first-order valence-corrected chi connectivity index (χ1v) is 10.2. The summed E-state index contributed by atoms with van der Waals surface area (Å²) in [6.45, 7) is 10.1. The molecule has 0 spiro atoms. The number of amides is 3. The van der Waals surface area contributed by atoms with E-state index in [1.807, 2.05) is 36.1 Å². The molecule has 1 unspecified atom stereocenters. The van der Waals surface area contributed by atoms with Gasteiger partial charge in [-0.2, -0.15) is 0 Å². The van der Waals surface area contributed by atoms with E-state index < -0.39 is 0 Å². The quantitative estimate of drug-likeness (QED) is 0.751. The van der Waals surface area contributed by atoms with Crippen molar-refractivity contribution in [3.8, 4) is 5.75 Å². The van der Waals surface area contributed by atoms with Crippen LogP contribution in [0, 0.1) is 0 Å². The molecule has 1 aliphatic rings. The standard InChI is InChI=1S/C21H33N3O4/c1-5-16(4)24(18-12-14-23(15-13-18)21(26)28-7-3)20(25)22-17-8-10-19(11-9-17)27-6-2/h8-11,16,18H,5-7,12-15H2,1-4H3,(H,22,25). The van der Waals surface area contributed by atoms with E-state index >= 15 is 0 Å². The Morgan fingerprint density at radius 2 is 1.79 bits per heavy atom. The molecule has 0 bridgehead atoms. The van der Waals surface area contributed by atoms with Gasteiger partial charge in [0.2, 0.25) is 0 Å². The van der Waals surface area contributed by atoms with Crippen LogP contribution in [0.25, 0.3) is 0 Å². The lowest BCUT2D eigenvalue weighted by Gasteiger charge is -2.41. The van der Waals surface area contributed by atoms with Gasteiger partial charge in [0.1, 0.15) is 5.75 Å². The third-order valence-electron chi connectivity index (χ3n) is 5.10. The molecule has 1 N–H and O–H groups in total. The molecule has 1 aromatic carbocycles. The second-order valence-electron chi connectivity index (χ2n) is 6.97. The summed E-state index contributed by atoms with van der Waals surface area (Å²) in [6, 6.07) is 7.51. The van der Waals surface area contributed by atoms with Crippen LogP contribution in [-0.4, -0.2) is 60.3 Å². The van der Waals surface area contributed by atoms with Crippen LogP contribution >= 0.6 is 0 Å². The molecule has 1 fully saturated rings. The number of nitrogens with one attached hydrogen (secondary N) is 1. The number of nitrogens with zero attached hydrogens (tertiary/aromatic N) is 2. The average molecular weight is 392 g/mol. The number of likely N-dealkylation sites (tertiary alicyclic amines) is 1. The Hall–Kier alpha value is -2.44. The summed E-state index contributed by atoms with van der Waals surface area (Å²) in [4.78, 5) is 28.6. The summed E-state index contributed by atoms with van der Waals surface area (Å²) in [5.41, 5.74) is 0.741. The monoisotopic (exact) mass is 391 g/mol. The predicted octanol–water partition coefficient (Wildman–Crippen LogP) is 4.34. The number of urea groups is 1. The Bertz CT molecular complexity index is 627. The van der Waals surface area contributed by atoms with Crippen molar-refractivity contribution in [3.63, 3.8) is 0 Å². The zero-order valence-electron chi connectivity index (χ0n) is 17.4. The molecule has 156 valence electrons. The van der Waals surface area contributed by atoms with E-state index in [1.54, 1.807) is 11.8 Å². The minimum absolute atomic E-state index is 0.100. The van der Waals surface area contributed by atoms with E-state index in [4.69, 9.17) is 9.47 Å². The Kier molecular flexibility index (Phi) is 8.42. The molecule has 1 heterocycles. The zero-order valence-corrected chi connectivity index (χ0v) is 17.4. The molecular formula is C21H33N3O4. The van der Waals surface area contributed by atoms with Crippen molar-refractivity contribution in [1.29, 1.82) is 0 Å². The normalized spacial score (nSPS) is 15.6. The lowest BCUT2D eigenvalue weighted by atomic mass is 10.0. The van der Waals surface area contributed by atoms with Crippen LogP contribution in [0.15, 0.2) is 24.3 Å². The van der Waals surface area contributed by atoms with Gasteiger partial charge < -0.3 is 24.6 Å². The maximum absolute atomic E-state index is 13.0. The Labute approximate surface area is 168 Å². The van der Waals surface area contributed by atoms with Gasteiger partial charge in [0.25, 0.3) is 0 Å². The summed E-state index contributed by atoms with van der Waals surface area (Å²) < 4.78 is 10.5. The van der Waals surface area contributed by atoms with E-state index in [0.29, 0.717) is 26.3 Å². The van der Waals surface area contributed by atoms with Gasteiger partial charge in [-0.25, -0.2) is 9.59 Å². The third-order valence-corrected chi connectivity index (χ3v) is 5.10. The van der Waals surface area contributed by atoms with Crippen LogP contribution in [0.1, 0.15) is 47.0 Å². The summed E-state index contributed by atoms with van der Waals surface area (Å²) in [5, 5.41) is 3.00. The van der Waals surface area contributed by atoms with Crippen LogP contribution in [0.2, 0.25) is 0 Å². The number of hydrogen-bond donors (Lipinski definition) is 1. The Morgan fingerprint density at radius 1 is 1.14 bits per heavy atom. The van der Waals surface area contributed by atoms with Crippen LogP contribution in [-0.2, 0) is 4.74 Å². The van der Waals surface area contributed by atoms with Crippen LogP contribution in [0.4, 0.5) is 15.3 Å². The highest BCUT2D eigenvalue weighted by Gasteiger charge is 2.32. The van der Waals surface area contributed by atoms with Crippen molar-refractivity contribution < 1.29 is 19.1 Å². The molecule has 1 atom stereocenters. The fraction of sp³-hybridized carbons (Fsp3) is 0.619. The van der Waals surface area contributed by atoms with Gasteiger partial charge in [-0.05, 0) is 64.3 Å². The molecule has 2 rings (SSSR count). The van der Waals surface area contributed by atoms with E-state index in [-0.39, 0.29) is 24.2 Å². The van der Waals surface area contributed by atoms with Gasteiger partial charge >= 0.3 is 12.1 Å². The SMILES string of the molecule is CCOC(=O)N1CCC(N(C(=O)Nc2ccc(OCC)cc2)C(C)CC)CC1. The second-order valence-corrected chi connectivity index (χ2v) is 6.97. The first-order valence-electron chi connectivity index (χ1n) is 10.2. The molecule has 1 aliphatic heterocycles. The molecule has 28 heavy (non-hydrogen) atoms. The smallest absolute Gasteiger partial charge is 0.409 e. The van der Waals surface area contributed by atoms with Crippen LogP contribution < -0.4 is 10.1 Å². The molecule has 0 aliphatic carbocycles. The number of carbonyl (C=O) groups excluding carboxylic acids is 2. The average Bonchev–Trinajstić information content (AvgIpc) is 2.70. The van der Waals surface area contributed by atoms with Gasteiger partial charge in [-0.15, -0.1) is 0 Å². The highest BCUT2D eigenvalue weighted by atomic mass is 16.6. The first-order chi connectivity index (χ1) is 13.5. The zero-order chi connectivity index (χ0) is 20.5. The van der Waals surface area contributed by atoms with Gasteiger partial charge in [0.15, 0.2) is 0 Å². The number of carbonyl (C=O) groups is 2. The fourth-order valence-corrected chi connectivity index (χ4v) is 3.45. The van der Waals surface area contributed by atoms with Gasteiger partial charge in [0.05, 0.1) is 13.2 Å². The minimum atomic E-state index is -0.269. The van der Waals surface area contributed by atoms with Crippen molar-refractivity contribution >= 4 is 17.8 Å². The fourth-order valence-electron chi connectivity index (χ4n) is 3.45. The molecule has 3 amide bonds. The molecule has 0 radical (unpaired) electrons. The van der Waals surface area contributed by atoms with Crippen molar-refractivity contribution in [2.75, 3.05) is 31.6 Å². The van der Waals surface area contributed by atoms with E-state index in [1.165, 1.54) is 0 Å². The molecular weight excluding hydrogens is 358 g/mol. The van der Waals surface area contributed by atoms with E-state index in [0.717, 1.165) is 30.7 Å². The molecule has 7 heteroatoms. The van der Waals surface area contributed by atoms with Crippen molar-refractivity contribution in [2.24, 2.45) is 0 Å². The number of ether oxygens (including phenoxy) is 2. The summed E-state index contributed by atoms with van der Waals surface area (Å²) in [7, 11) is 0. The molecule has 1 aromatic rings. The number of hydrogen-bond acceptors (Lipinski definition) is 4. The second kappa shape index (κ2) is 10.8. The number of piperidine rings is 1. The topological polar surface area (TPSA) is 71.1 Å². The highest BCUT2D eigenvalue weighted by molar-refractivity contribution is 5.89. The molecule has 7 nitrogen and oxygen atoms in total. The number of rotatable bonds is 7. The maximum Gasteiger partial charge on any atom is 0.409 e. The van der Waals surface area contributed by atoms with Crippen molar-refractivity contribution in [2.45, 2.75) is 59.0 Å². The Morgan fingerprint density at radius 3 is 2.32 bits per heavy atom. The molecule has 1 saturated heterocycles. The largest absolute Gasteiger partial charge is 0.494 e. The van der Waals surface area contributed by atoms with E-state index in [2.05, 4.69) is 19.2 Å². The molecule has 0 aromatic heterocycles. The van der Waals surface area contributed by atoms with Crippen LogP contribution in [0.3, 0.4) is 0 Å². The Balaban J connectivity index is 2.01. The third kappa shape index (κ3) is 5.78. The summed E-state index contributed by atoms with van der Waals surface area (Å²) >= 11 is 0. The first kappa shape index (κ1) is 21.9. The predicted molar refractivity (Wildman–Crippen MR) is 110 cm³/mol. The summed E-state index contributed by atoms with van der Waals surface area (Å²) in [6.07, 6.45) is 2.10. The van der Waals surface area contributed by atoms with Crippen LogP contribution in [0.5, 0.6) is 5.75 Å². The minimum Gasteiger partial charge on any atom is -0.494 e. The highest BCUT2D eigenvalue weighted by Crippen LogP contribution is 2.23. The lowest BCUT2D eigenvalue weighted by molar-refractivity contribution is 0.0757. The number of benzene rings is 1. The van der Waals surface area contributed by atoms with Crippen molar-refractivity contribution in [1.82, 2.24) is 9.80 Å². The van der Waals surface area contributed by atoms with Gasteiger partial charge in [0, 0.05) is 30.9 Å². The van der Waals surface area contributed by atoms with Gasteiger partial charge in [-0.3, -0.25) is 0 Å². The molecule has 0 saturated carbocycles. The maximum atomic E-state index is 13.0. The summed E-state index contributed by atoms with van der Waals surface area (Å²) in [5.74, 6) is 0.783.